The molecule has 0 aliphatic heterocycles. The summed E-state index contributed by atoms with van der Waals surface area (Å²) in [6, 6.07) is 6.32. The van der Waals surface area contributed by atoms with Crippen LogP contribution in [0.15, 0.2) is 36.7 Å². The number of carbonyl (C=O) groups excluding carboxylic acids is 1. The molecule has 0 bridgehead atoms. The lowest BCUT2D eigenvalue weighted by Gasteiger charge is -2.12. The molecule has 1 N–H and O–H groups in total. The number of aromatic nitrogens is 3. The van der Waals surface area contributed by atoms with Crippen LogP contribution in [0, 0.1) is 19.7 Å². The number of aryl methyl sites for hydroxylation is 1. The lowest BCUT2D eigenvalue weighted by Crippen LogP contribution is -2.19. The summed E-state index contributed by atoms with van der Waals surface area (Å²) in [6.45, 7) is 5.63. The summed E-state index contributed by atoms with van der Waals surface area (Å²) in [4.78, 5) is 19.8. The number of hydrogen-bond acceptors (Lipinski definition) is 3. The molecule has 0 amide bonds. The highest BCUT2D eigenvalue weighted by molar-refractivity contribution is 6.30. The van der Waals surface area contributed by atoms with E-state index >= 15 is 0 Å². The minimum Gasteiger partial charge on any atom is -0.370 e. The summed E-state index contributed by atoms with van der Waals surface area (Å²) in [5.74, 6) is 0.244. The number of halogens is 2. The van der Waals surface area contributed by atoms with Crippen molar-refractivity contribution in [3.63, 3.8) is 0 Å². The number of ether oxygens (including phenoxy) is 1. The smallest absolute Gasteiger partial charge is 0.190 e. The Kier molecular flexibility index (Phi) is 5.77. The number of H-pyrrole nitrogens is 1. The molecule has 0 fully saturated rings. The Morgan fingerprint density at radius 2 is 2.15 bits per heavy atom. The molecular formula is C20H21ClFN3O2. The molecule has 2 heterocycles. The number of benzene rings is 1. The molecule has 7 heteroatoms. The van der Waals surface area contributed by atoms with Crippen LogP contribution in [-0.4, -0.2) is 33.0 Å². The van der Waals surface area contributed by atoms with Crippen LogP contribution in [0.1, 0.15) is 34.5 Å². The van der Waals surface area contributed by atoms with Gasteiger partial charge in [0.15, 0.2) is 5.78 Å². The first-order chi connectivity index (χ1) is 12.9. The van der Waals surface area contributed by atoms with Crippen molar-refractivity contribution < 1.29 is 13.9 Å². The predicted octanol–water partition coefficient (Wildman–Crippen LogP) is 4.44. The van der Waals surface area contributed by atoms with Gasteiger partial charge in [-0.05, 0) is 45.0 Å². The molecule has 0 radical (unpaired) electrons. The van der Waals surface area contributed by atoms with E-state index < -0.39 is 5.82 Å². The SMILES string of the molecule is Cc1cc(C(=O)CO[C@@H](C)Cc2ncc[nH]2)c(C)n1-c1ccc(F)c(Cl)c1. The molecule has 142 valence electrons. The average Bonchev–Trinajstić information content (AvgIpc) is 3.23. The molecule has 3 aromatic rings. The van der Waals surface area contributed by atoms with Gasteiger partial charge in [0, 0.05) is 41.5 Å². The van der Waals surface area contributed by atoms with Crippen LogP contribution in [0.2, 0.25) is 5.02 Å². The van der Waals surface area contributed by atoms with Gasteiger partial charge < -0.3 is 14.3 Å². The fourth-order valence-electron chi connectivity index (χ4n) is 3.10. The zero-order valence-electron chi connectivity index (χ0n) is 15.4. The van der Waals surface area contributed by atoms with Gasteiger partial charge in [-0.3, -0.25) is 4.79 Å². The van der Waals surface area contributed by atoms with E-state index in [2.05, 4.69) is 9.97 Å². The van der Waals surface area contributed by atoms with E-state index in [1.54, 1.807) is 24.5 Å². The molecule has 0 saturated carbocycles. The van der Waals surface area contributed by atoms with Crippen molar-refractivity contribution in [2.75, 3.05) is 6.61 Å². The fraction of sp³-hybridized carbons (Fsp3) is 0.300. The highest BCUT2D eigenvalue weighted by Gasteiger charge is 2.18. The van der Waals surface area contributed by atoms with Crippen LogP contribution in [0.4, 0.5) is 4.39 Å². The minimum atomic E-state index is -0.474. The molecule has 0 saturated heterocycles. The Morgan fingerprint density at radius 3 is 2.81 bits per heavy atom. The number of ketones is 1. The number of imidazole rings is 1. The Bertz CT molecular complexity index is 951. The largest absolute Gasteiger partial charge is 0.370 e. The predicted molar refractivity (Wildman–Crippen MR) is 102 cm³/mol. The summed E-state index contributed by atoms with van der Waals surface area (Å²) >= 11 is 5.90. The van der Waals surface area contributed by atoms with Crippen LogP contribution in [0.5, 0.6) is 0 Å². The number of nitrogens with one attached hydrogen (secondary N) is 1. The van der Waals surface area contributed by atoms with E-state index in [-0.39, 0.29) is 23.5 Å². The maximum atomic E-state index is 13.4. The summed E-state index contributed by atoms with van der Waals surface area (Å²) in [6.07, 6.45) is 3.90. The Hall–Kier alpha value is -2.44. The third-order valence-corrected chi connectivity index (χ3v) is 4.72. The van der Waals surface area contributed by atoms with E-state index in [0.29, 0.717) is 17.7 Å². The maximum absolute atomic E-state index is 13.4. The number of carbonyl (C=O) groups is 1. The van der Waals surface area contributed by atoms with Crippen LogP contribution in [0.3, 0.4) is 0 Å². The standard InChI is InChI=1S/C20H21ClFN3O2/c1-12-8-16(14(3)25(12)15-4-5-18(22)17(21)10-15)19(26)11-27-13(2)9-20-23-6-7-24-20/h4-8,10,13H,9,11H2,1-3H3,(H,23,24)/t13-/m0/s1. The van der Waals surface area contributed by atoms with Gasteiger partial charge in [-0.25, -0.2) is 9.37 Å². The molecule has 2 aromatic heterocycles. The van der Waals surface area contributed by atoms with E-state index in [1.165, 1.54) is 6.07 Å². The molecular weight excluding hydrogens is 369 g/mol. The first kappa shape index (κ1) is 19.3. The van der Waals surface area contributed by atoms with E-state index in [9.17, 15) is 9.18 Å². The summed E-state index contributed by atoms with van der Waals surface area (Å²) in [5.41, 5.74) is 2.92. The third-order valence-electron chi connectivity index (χ3n) is 4.43. The van der Waals surface area contributed by atoms with Crippen LogP contribution in [0.25, 0.3) is 5.69 Å². The quantitative estimate of drug-likeness (QED) is 0.608. The van der Waals surface area contributed by atoms with Crippen LogP contribution >= 0.6 is 11.6 Å². The topological polar surface area (TPSA) is 59.9 Å². The van der Waals surface area contributed by atoms with Crippen molar-refractivity contribution in [3.8, 4) is 5.69 Å². The van der Waals surface area contributed by atoms with Gasteiger partial charge in [0.2, 0.25) is 0 Å². The van der Waals surface area contributed by atoms with Gasteiger partial charge in [0.05, 0.1) is 11.1 Å². The van der Waals surface area contributed by atoms with Gasteiger partial charge in [-0.2, -0.15) is 0 Å². The van der Waals surface area contributed by atoms with Crippen molar-refractivity contribution >= 4 is 17.4 Å². The van der Waals surface area contributed by atoms with Crippen molar-refractivity contribution in [3.05, 3.63) is 70.3 Å². The first-order valence-electron chi connectivity index (χ1n) is 8.64. The fourth-order valence-corrected chi connectivity index (χ4v) is 3.28. The van der Waals surface area contributed by atoms with E-state index in [1.807, 2.05) is 31.4 Å². The van der Waals surface area contributed by atoms with Gasteiger partial charge >= 0.3 is 0 Å². The van der Waals surface area contributed by atoms with E-state index in [4.69, 9.17) is 16.3 Å². The van der Waals surface area contributed by atoms with Crippen molar-refractivity contribution in [1.29, 1.82) is 0 Å². The Balaban J connectivity index is 1.73. The second-order valence-electron chi connectivity index (χ2n) is 6.50. The Morgan fingerprint density at radius 1 is 1.37 bits per heavy atom. The van der Waals surface area contributed by atoms with Crippen LogP contribution in [-0.2, 0) is 11.2 Å². The van der Waals surface area contributed by atoms with Gasteiger partial charge in [0.25, 0.3) is 0 Å². The lowest BCUT2D eigenvalue weighted by molar-refractivity contribution is 0.0518. The number of hydrogen-bond donors (Lipinski definition) is 1. The van der Waals surface area contributed by atoms with Crippen molar-refractivity contribution in [2.45, 2.75) is 33.3 Å². The van der Waals surface area contributed by atoms with Crippen molar-refractivity contribution in [1.82, 2.24) is 14.5 Å². The Labute approximate surface area is 162 Å². The molecule has 3 rings (SSSR count). The third kappa shape index (κ3) is 4.28. The van der Waals surface area contributed by atoms with Gasteiger partial charge in [0.1, 0.15) is 18.2 Å². The highest BCUT2D eigenvalue weighted by atomic mass is 35.5. The molecule has 0 spiro atoms. The number of Topliss-reactive ketones (excluding diaryl/α,β-unsaturated/α-hetero) is 1. The molecule has 0 aliphatic rings. The van der Waals surface area contributed by atoms with Crippen LogP contribution < -0.4 is 0 Å². The van der Waals surface area contributed by atoms with E-state index in [0.717, 1.165) is 17.2 Å². The summed E-state index contributed by atoms with van der Waals surface area (Å²) in [7, 11) is 0. The number of aromatic amines is 1. The van der Waals surface area contributed by atoms with Gasteiger partial charge in [-0.1, -0.05) is 11.6 Å². The summed E-state index contributed by atoms with van der Waals surface area (Å²) < 4.78 is 21.0. The highest BCUT2D eigenvalue weighted by Crippen LogP contribution is 2.25. The minimum absolute atomic E-state index is 0.0175. The molecule has 1 atom stereocenters. The number of nitrogens with zero attached hydrogens (tertiary/aromatic N) is 2. The summed E-state index contributed by atoms with van der Waals surface area (Å²) in [5, 5.41) is 0.0444. The second-order valence-corrected chi connectivity index (χ2v) is 6.91. The first-order valence-corrected chi connectivity index (χ1v) is 9.02. The zero-order chi connectivity index (χ0) is 19.6. The molecule has 0 unspecified atom stereocenters. The molecule has 0 aliphatic carbocycles. The average molecular weight is 390 g/mol. The normalized spacial score (nSPS) is 12.3. The molecule has 1 aromatic carbocycles. The van der Waals surface area contributed by atoms with Crippen molar-refractivity contribution in [2.24, 2.45) is 0 Å². The van der Waals surface area contributed by atoms with Gasteiger partial charge in [-0.15, -0.1) is 0 Å². The monoisotopic (exact) mass is 389 g/mol. The maximum Gasteiger partial charge on any atom is 0.190 e. The molecule has 27 heavy (non-hydrogen) atoms. The number of rotatable bonds is 7. The zero-order valence-corrected chi connectivity index (χ0v) is 16.2. The molecule has 5 nitrogen and oxygen atoms in total. The lowest BCUT2D eigenvalue weighted by atomic mass is 10.1. The second kappa shape index (κ2) is 8.06.